The van der Waals surface area contributed by atoms with E-state index < -0.39 is 17.6 Å². The zero-order valence-electron chi connectivity index (χ0n) is 16.3. The Morgan fingerprint density at radius 1 is 0.897 bits per heavy atom. The van der Waals surface area contributed by atoms with Crippen LogP contribution in [0.1, 0.15) is 18.4 Å². The van der Waals surface area contributed by atoms with E-state index in [1.165, 1.54) is 38.5 Å². The van der Waals surface area contributed by atoms with E-state index in [1.54, 1.807) is 18.2 Å². The van der Waals surface area contributed by atoms with E-state index >= 15 is 0 Å². The van der Waals surface area contributed by atoms with Gasteiger partial charge < -0.3 is 14.4 Å². The average Bonchev–Trinajstić information content (AvgIpc) is 3.34. The normalized spacial score (nSPS) is 16.8. The highest BCUT2D eigenvalue weighted by atomic mass is 19.1. The molecule has 2 amide bonds. The predicted molar refractivity (Wildman–Crippen MR) is 106 cm³/mol. The van der Waals surface area contributed by atoms with E-state index in [2.05, 4.69) is 0 Å². The van der Waals surface area contributed by atoms with Crippen LogP contribution in [0.15, 0.2) is 48.2 Å². The summed E-state index contributed by atoms with van der Waals surface area (Å²) in [5.74, 6) is -0.349. The number of ether oxygens (including phenoxy) is 2. The van der Waals surface area contributed by atoms with E-state index in [9.17, 15) is 14.0 Å². The molecular weight excluding hydrogens is 375 g/mol. The second-order valence-electron chi connectivity index (χ2n) is 6.91. The van der Waals surface area contributed by atoms with Gasteiger partial charge in [-0.2, -0.15) is 0 Å². The number of methoxy groups -OCH3 is 2. The van der Waals surface area contributed by atoms with Gasteiger partial charge in [-0.05, 0) is 42.7 Å². The largest absolute Gasteiger partial charge is 0.497 e. The molecule has 6 nitrogen and oxygen atoms in total. The van der Waals surface area contributed by atoms with Gasteiger partial charge in [0.15, 0.2) is 0 Å². The lowest BCUT2D eigenvalue weighted by molar-refractivity contribution is -0.120. The maximum absolute atomic E-state index is 13.4. The molecule has 0 radical (unpaired) electrons. The molecule has 2 heterocycles. The topological polar surface area (TPSA) is 59.1 Å². The number of benzene rings is 2. The number of hydrogen-bond acceptors (Lipinski definition) is 5. The first kappa shape index (κ1) is 19.0. The molecule has 0 spiro atoms. The van der Waals surface area contributed by atoms with Crippen LogP contribution in [0.4, 0.5) is 10.1 Å². The lowest BCUT2D eigenvalue weighted by atomic mass is 10.0. The molecule has 0 N–H and O–H groups in total. The number of amides is 2. The summed E-state index contributed by atoms with van der Waals surface area (Å²) in [6.07, 6.45) is 1.90. The number of carbonyl (C=O) groups is 2. The van der Waals surface area contributed by atoms with Gasteiger partial charge in [-0.25, -0.2) is 9.29 Å². The van der Waals surface area contributed by atoms with Gasteiger partial charge in [-0.3, -0.25) is 9.59 Å². The maximum atomic E-state index is 13.4. The second-order valence-corrected chi connectivity index (χ2v) is 6.91. The number of halogens is 1. The third-order valence-corrected chi connectivity index (χ3v) is 5.24. The monoisotopic (exact) mass is 396 g/mol. The standard InChI is InChI=1S/C22H21FN2O4/c1-28-16-9-10-17(18(13-16)29-2)25-21(26)19(14-5-7-15(23)8-6-14)20(22(25)27)24-11-3-4-12-24/h5-10,13H,3-4,11-12H2,1-2H3. The Bertz CT molecular complexity index is 994. The van der Waals surface area contributed by atoms with Gasteiger partial charge in [0.25, 0.3) is 11.8 Å². The smallest absolute Gasteiger partial charge is 0.282 e. The fraction of sp³-hybridized carbons (Fsp3) is 0.273. The highest BCUT2D eigenvalue weighted by molar-refractivity contribution is 6.45. The molecule has 1 saturated heterocycles. The minimum Gasteiger partial charge on any atom is -0.497 e. The van der Waals surface area contributed by atoms with Crippen molar-refractivity contribution in [2.45, 2.75) is 12.8 Å². The molecule has 1 fully saturated rings. The zero-order chi connectivity index (χ0) is 20.5. The summed E-state index contributed by atoms with van der Waals surface area (Å²) in [6, 6.07) is 10.6. The Labute approximate surface area is 168 Å². The summed E-state index contributed by atoms with van der Waals surface area (Å²) < 4.78 is 24.1. The third-order valence-electron chi connectivity index (χ3n) is 5.24. The van der Waals surface area contributed by atoms with Crippen LogP contribution in [0, 0.1) is 5.82 Å². The molecular formula is C22H21FN2O4. The summed E-state index contributed by atoms with van der Waals surface area (Å²) in [4.78, 5) is 29.9. The van der Waals surface area contributed by atoms with Gasteiger partial charge in [0.2, 0.25) is 0 Å². The van der Waals surface area contributed by atoms with Crippen LogP contribution in [0.25, 0.3) is 5.57 Å². The van der Waals surface area contributed by atoms with Gasteiger partial charge in [0, 0.05) is 19.2 Å². The summed E-state index contributed by atoms with van der Waals surface area (Å²) in [5, 5.41) is 0. The van der Waals surface area contributed by atoms with Gasteiger partial charge >= 0.3 is 0 Å². The Balaban J connectivity index is 1.83. The van der Waals surface area contributed by atoms with Crippen molar-refractivity contribution in [1.29, 1.82) is 0 Å². The fourth-order valence-electron chi connectivity index (χ4n) is 3.82. The summed E-state index contributed by atoms with van der Waals surface area (Å²) >= 11 is 0. The van der Waals surface area contributed by atoms with Crippen LogP contribution in [-0.2, 0) is 9.59 Å². The number of hydrogen-bond donors (Lipinski definition) is 0. The molecule has 0 unspecified atom stereocenters. The quantitative estimate of drug-likeness (QED) is 0.727. The number of nitrogens with zero attached hydrogens (tertiary/aromatic N) is 2. The molecule has 2 aromatic rings. The summed E-state index contributed by atoms with van der Waals surface area (Å²) in [7, 11) is 3.00. The number of imide groups is 1. The van der Waals surface area contributed by atoms with E-state index in [0.29, 0.717) is 41.5 Å². The van der Waals surface area contributed by atoms with E-state index in [1.807, 2.05) is 4.90 Å². The molecule has 0 atom stereocenters. The lowest BCUT2D eigenvalue weighted by Gasteiger charge is -2.21. The van der Waals surface area contributed by atoms with Crippen molar-refractivity contribution in [3.05, 3.63) is 59.5 Å². The minimum atomic E-state index is -0.452. The number of rotatable bonds is 5. The Hall–Kier alpha value is -3.35. The molecule has 0 aliphatic carbocycles. The number of likely N-dealkylation sites (tertiary alicyclic amines) is 1. The molecule has 7 heteroatoms. The molecule has 29 heavy (non-hydrogen) atoms. The van der Waals surface area contributed by atoms with Crippen molar-refractivity contribution in [3.8, 4) is 11.5 Å². The van der Waals surface area contributed by atoms with E-state index in [4.69, 9.17) is 9.47 Å². The predicted octanol–water partition coefficient (Wildman–Crippen LogP) is 3.22. The van der Waals surface area contributed by atoms with Crippen LogP contribution < -0.4 is 14.4 Å². The maximum Gasteiger partial charge on any atom is 0.282 e. The Kier molecular flexibility index (Phi) is 4.96. The molecule has 2 aliphatic heterocycles. The Morgan fingerprint density at radius 3 is 2.21 bits per heavy atom. The van der Waals surface area contributed by atoms with Crippen molar-refractivity contribution in [2.24, 2.45) is 0 Å². The highest BCUT2D eigenvalue weighted by Gasteiger charge is 2.44. The lowest BCUT2D eigenvalue weighted by Crippen LogP contribution is -2.34. The number of carbonyl (C=O) groups excluding carboxylic acids is 2. The van der Waals surface area contributed by atoms with E-state index in [-0.39, 0.29) is 5.57 Å². The van der Waals surface area contributed by atoms with Crippen LogP contribution in [-0.4, -0.2) is 44.0 Å². The molecule has 2 aliphatic rings. The first-order chi connectivity index (χ1) is 14.0. The molecule has 0 bridgehead atoms. The highest BCUT2D eigenvalue weighted by Crippen LogP contribution is 2.40. The first-order valence-corrected chi connectivity index (χ1v) is 9.41. The molecule has 4 rings (SSSR count). The molecule has 0 saturated carbocycles. The third kappa shape index (κ3) is 3.22. The van der Waals surface area contributed by atoms with Crippen molar-refractivity contribution in [2.75, 3.05) is 32.2 Å². The van der Waals surface area contributed by atoms with Crippen molar-refractivity contribution < 1.29 is 23.5 Å². The van der Waals surface area contributed by atoms with Crippen LogP contribution in [0.2, 0.25) is 0 Å². The Morgan fingerprint density at radius 2 is 1.59 bits per heavy atom. The fourth-order valence-corrected chi connectivity index (χ4v) is 3.82. The van der Waals surface area contributed by atoms with Crippen molar-refractivity contribution in [1.82, 2.24) is 4.90 Å². The second kappa shape index (κ2) is 7.58. The van der Waals surface area contributed by atoms with Crippen LogP contribution in [0.3, 0.4) is 0 Å². The summed E-state index contributed by atoms with van der Waals surface area (Å²) in [6.45, 7) is 1.40. The van der Waals surface area contributed by atoms with Crippen molar-refractivity contribution >= 4 is 23.1 Å². The van der Waals surface area contributed by atoms with Gasteiger partial charge in [-0.1, -0.05) is 12.1 Å². The number of anilines is 1. The SMILES string of the molecule is COc1ccc(N2C(=O)C(c3ccc(F)cc3)=C(N3CCCC3)C2=O)c(OC)c1. The van der Waals surface area contributed by atoms with Gasteiger partial charge in [0.05, 0.1) is 25.5 Å². The van der Waals surface area contributed by atoms with Gasteiger partial charge in [0.1, 0.15) is 23.0 Å². The first-order valence-electron chi connectivity index (χ1n) is 9.41. The average molecular weight is 396 g/mol. The zero-order valence-corrected chi connectivity index (χ0v) is 16.3. The summed E-state index contributed by atoms with van der Waals surface area (Å²) in [5.41, 5.74) is 1.51. The van der Waals surface area contributed by atoms with E-state index in [0.717, 1.165) is 17.7 Å². The van der Waals surface area contributed by atoms with Crippen molar-refractivity contribution in [3.63, 3.8) is 0 Å². The van der Waals surface area contributed by atoms with Gasteiger partial charge in [-0.15, -0.1) is 0 Å². The minimum absolute atomic E-state index is 0.287. The molecule has 2 aromatic carbocycles. The molecule has 150 valence electrons. The van der Waals surface area contributed by atoms with Crippen LogP contribution >= 0.6 is 0 Å². The van der Waals surface area contributed by atoms with Crippen LogP contribution in [0.5, 0.6) is 11.5 Å². The molecule has 0 aromatic heterocycles.